The molecule has 0 saturated carbocycles. The second-order valence-corrected chi connectivity index (χ2v) is 3.65. The Kier molecular flexibility index (Phi) is 3.24. The third kappa shape index (κ3) is 2.24. The van der Waals surface area contributed by atoms with E-state index in [1.165, 1.54) is 0 Å². The topological polar surface area (TPSA) is 57.8 Å². The quantitative estimate of drug-likeness (QED) is 0.830. The minimum absolute atomic E-state index is 0.00348. The molecule has 0 fully saturated rings. The van der Waals surface area contributed by atoms with Gasteiger partial charge in [0.1, 0.15) is 6.54 Å². The standard InChI is InChI=1S/C11H15N3O2/c1-2-3-6-14-10(15)8-12-11(13-14)9-5-4-7-16-9/h4-5,7H,2-3,6,8H2,1H3,(H,12,13). The summed E-state index contributed by atoms with van der Waals surface area (Å²) in [4.78, 5) is 15.7. The molecule has 0 atom stereocenters. The average molecular weight is 221 g/mol. The maximum absolute atomic E-state index is 11.5. The van der Waals surface area contributed by atoms with Crippen molar-refractivity contribution in [2.24, 2.45) is 4.99 Å². The smallest absolute Gasteiger partial charge is 0.262 e. The SMILES string of the molecule is CCCCN1NC(c2ccco2)=NCC1=O. The number of carbonyl (C=O) groups excluding carboxylic acids is 1. The predicted octanol–water partition coefficient (Wildman–Crippen LogP) is 1.17. The van der Waals surface area contributed by atoms with E-state index in [2.05, 4.69) is 17.3 Å². The van der Waals surface area contributed by atoms with Crippen molar-refractivity contribution in [2.75, 3.05) is 13.1 Å². The Labute approximate surface area is 94.1 Å². The lowest BCUT2D eigenvalue weighted by molar-refractivity contribution is -0.132. The van der Waals surface area contributed by atoms with Crippen molar-refractivity contribution >= 4 is 11.7 Å². The first kappa shape index (κ1) is 10.7. The van der Waals surface area contributed by atoms with E-state index in [1.54, 1.807) is 17.3 Å². The minimum Gasteiger partial charge on any atom is -0.461 e. The third-order valence-corrected chi connectivity index (χ3v) is 2.40. The van der Waals surface area contributed by atoms with E-state index in [9.17, 15) is 4.79 Å². The van der Waals surface area contributed by atoms with Crippen LogP contribution in [0.25, 0.3) is 0 Å². The van der Waals surface area contributed by atoms with Crippen molar-refractivity contribution in [3.63, 3.8) is 0 Å². The zero-order valence-corrected chi connectivity index (χ0v) is 9.27. The number of nitrogens with one attached hydrogen (secondary N) is 1. The molecule has 1 N–H and O–H groups in total. The van der Waals surface area contributed by atoms with Crippen LogP contribution in [-0.2, 0) is 4.79 Å². The van der Waals surface area contributed by atoms with Gasteiger partial charge in [-0.2, -0.15) is 0 Å². The Morgan fingerprint density at radius 2 is 2.50 bits per heavy atom. The summed E-state index contributed by atoms with van der Waals surface area (Å²) in [6, 6.07) is 3.62. The Balaban J connectivity index is 2.05. The van der Waals surface area contributed by atoms with Crippen molar-refractivity contribution in [3.8, 4) is 0 Å². The molecule has 1 aromatic rings. The van der Waals surface area contributed by atoms with Crippen LogP contribution in [0.5, 0.6) is 0 Å². The van der Waals surface area contributed by atoms with Gasteiger partial charge in [-0.25, -0.2) is 0 Å². The number of hydrazine groups is 1. The van der Waals surface area contributed by atoms with Gasteiger partial charge in [-0.05, 0) is 18.6 Å². The first-order valence-corrected chi connectivity index (χ1v) is 5.46. The summed E-state index contributed by atoms with van der Waals surface area (Å²) in [6.45, 7) is 2.98. The molecule has 0 spiro atoms. The second-order valence-electron chi connectivity index (χ2n) is 3.65. The first-order valence-electron chi connectivity index (χ1n) is 5.46. The molecular formula is C11H15N3O2. The van der Waals surface area contributed by atoms with Crippen LogP contribution in [0, 0.1) is 0 Å². The molecule has 0 aliphatic carbocycles. The van der Waals surface area contributed by atoms with Crippen LogP contribution in [0.1, 0.15) is 25.5 Å². The molecule has 0 bridgehead atoms. The van der Waals surface area contributed by atoms with Gasteiger partial charge in [0, 0.05) is 6.54 Å². The molecule has 2 heterocycles. The number of nitrogens with zero attached hydrogens (tertiary/aromatic N) is 2. The summed E-state index contributed by atoms with van der Waals surface area (Å²) in [5.41, 5.74) is 2.98. The molecule has 5 nitrogen and oxygen atoms in total. The fraction of sp³-hybridized carbons (Fsp3) is 0.455. The van der Waals surface area contributed by atoms with Crippen LogP contribution in [0.2, 0.25) is 0 Å². The highest BCUT2D eigenvalue weighted by atomic mass is 16.3. The minimum atomic E-state index is 0.00348. The molecule has 16 heavy (non-hydrogen) atoms. The largest absolute Gasteiger partial charge is 0.461 e. The third-order valence-electron chi connectivity index (χ3n) is 2.40. The molecule has 0 unspecified atom stereocenters. The average Bonchev–Trinajstić information content (AvgIpc) is 2.81. The van der Waals surface area contributed by atoms with E-state index < -0.39 is 0 Å². The monoisotopic (exact) mass is 221 g/mol. The van der Waals surface area contributed by atoms with Crippen molar-refractivity contribution in [2.45, 2.75) is 19.8 Å². The summed E-state index contributed by atoms with van der Waals surface area (Å²) in [5.74, 6) is 1.29. The van der Waals surface area contributed by atoms with Crippen molar-refractivity contribution < 1.29 is 9.21 Å². The van der Waals surface area contributed by atoms with Crippen molar-refractivity contribution in [1.29, 1.82) is 0 Å². The molecule has 86 valence electrons. The zero-order chi connectivity index (χ0) is 11.4. The first-order chi connectivity index (χ1) is 7.81. The fourth-order valence-electron chi connectivity index (χ4n) is 1.50. The van der Waals surface area contributed by atoms with Crippen LogP contribution in [0.4, 0.5) is 0 Å². The highest BCUT2D eigenvalue weighted by molar-refractivity contribution is 6.00. The highest BCUT2D eigenvalue weighted by Crippen LogP contribution is 2.06. The summed E-state index contributed by atoms with van der Waals surface area (Å²) in [6.07, 6.45) is 3.62. The molecular weight excluding hydrogens is 206 g/mol. The van der Waals surface area contributed by atoms with Crippen LogP contribution < -0.4 is 5.43 Å². The number of furan rings is 1. The number of carbonyl (C=O) groups is 1. The number of rotatable bonds is 4. The van der Waals surface area contributed by atoms with Gasteiger partial charge in [-0.3, -0.25) is 20.2 Å². The molecule has 2 rings (SSSR count). The van der Waals surface area contributed by atoms with Gasteiger partial charge < -0.3 is 4.42 Å². The number of aliphatic imine (C=N–C) groups is 1. The Morgan fingerprint density at radius 1 is 1.62 bits per heavy atom. The van der Waals surface area contributed by atoms with Gasteiger partial charge >= 0.3 is 0 Å². The normalized spacial score (nSPS) is 15.9. The van der Waals surface area contributed by atoms with E-state index in [4.69, 9.17) is 4.42 Å². The van der Waals surface area contributed by atoms with Crippen LogP contribution >= 0.6 is 0 Å². The molecule has 0 aromatic carbocycles. The summed E-state index contributed by atoms with van der Waals surface area (Å²) < 4.78 is 5.23. The van der Waals surface area contributed by atoms with Crippen LogP contribution in [-0.4, -0.2) is 29.8 Å². The Morgan fingerprint density at radius 3 is 3.19 bits per heavy atom. The van der Waals surface area contributed by atoms with Crippen LogP contribution in [0.3, 0.4) is 0 Å². The lowest BCUT2D eigenvalue weighted by atomic mass is 10.3. The van der Waals surface area contributed by atoms with Gasteiger partial charge in [-0.1, -0.05) is 13.3 Å². The van der Waals surface area contributed by atoms with E-state index in [1.807, 2.05) is 6.07 Å². The fourth-order valence-corrected chi connectivity index (χ4v) is 1.50. The number of amides is 1. The van der Waals surface area contributed by atoms with E-state index in [-0.39, 0.29) is 12.5 Å². The van der Waals surface area contributed by atoms with E-state index >= 15 is 0 Å². The number of hydrogen-bond acceptors (Lipinski definition) is 4. The maximum atomic E-state index is 11.5. The number of hydrogen-bond donors (Lipinski definition) is 1. The lowest BCUT2D eigenvalue weighted by Crippen LogP contribution is -2.51. The van der Waals surface area contributed by atoms with Gasteiger partial charge in [0.2, 0.25) is 0 Å². The van der Waals surface area contributed by atoms with Crippen molar-refractivity contribution in [1.82, 2.24) is 10.4 Å². The van der Waals surface area contributed by atoms with Gasteiger partial charge in [0.05, 0.1) is 6.26 Å². The van der Waals surface area contributed by atoms with E-state index in [0.29, 0.717) is 18.1 Å². The zero-order valence-electron chi connectivity index (χ0n) is 9.27. The lowest BCUT2D eigenvalue weighted by Gasteiger charge is -2.27. The Bertz CT molecular complexity index is 384. The van der Waals surface area contributed by atoms with Crippen molar-refractivity contribution in [3.05, 3.63) is 24.2 Å². The predicted molar refractivity (Wildman–Crippen MR) is 59.9 cm³/mol. The molecule has 0 radical (unpaired) electrons. The molecule has 0 saturated heterocycles. The van der Waals surface area contributed by atoms with Gasteiger partial charge in [0.25, 0.3) is 5.91 Å². The molecule has 1 aromatic heterocycles. The summed E-state index contributed by atoms with van der Waals surface area (Å²) in [7, 11) is 0. The highest BCUT2D eigenvalue weighted by Gasteiger charge is 2.21. The Hall–Kier alpha value is -1.78. The van der Waals surface area contributed by atoms with E-state index in [0.717, 1.165) is 12.8 Å². The maximum Gasteiger partial charge on any atom is 0.262 e. The second kappa shape index (κ2) is 4.83. The summed E-state index contributed by atoms with van der Waals surface area (Å²) >= 11 is 0. The molecule has 1 aliphatic rings. The molecule has 5 heteroatoms. The number of unbranched alkanes of at least 4 members (excludes halogenated alkanes) is 1. The van der Waals surface area contributed by atoms with Crippen LogP contribution in [0.15, 0.2) is 27.8 Å². The molecule has 1 aliphatic heterocycles. The van der Waals surface area contributed by atoms with Gasteiger partial charge in [-0.15, -0.1) is 0 Å². The number of amidine groups is 1. The van der Waals surface area contributed by atoms with Gasteiger partial charge in [0.15, 0.2) is 11.6 Å². The molecule has 1 amide bonds. The summed E-state index contributed by atoms with van der Waals surface area (Å²) in [5, 5.41) is 1.61.